The molecule has 1 fully saturated rings. The van der Waals surface area contributed by atoms with Gasteiger partial charge in [0.2, 0.25) is 0 Å². The molecule has 0 spiro atoms. The average Bonchev–Trinajstić information content (AvgIpc) is 2.72. The highest BCUT2D eigenvalue weighted by Crippen LogP contribution is 2.21. The molecule has 1 heterocycles. The summed E-state index contributed by atoms with van der Waals surface area (Å²) in [6, 6.07) is 10.1. The summed E-state index contributed by atoms with van der Waals surface area (Å²) in [5, 5.41) is 3.82. The van der Waals surface area contributed by atoms with Crippen molar-refractivity contribution in [1.29, 1.82) is 0 Å². The summed E-state index contributed by atoms with van der Waals surface area (Å²) in [6.45, 7) is 8.26. The third-order valence-electron chi connectivity index (χ3n) is 4.37. The number of likely N-dealkylation sites (tertiary alicyclic amines) is 1. The van der Waals surface area contributed by atoms with E-state index in [1.807, 2.05) is 0 Å². The van der Waals surface area contributed by atoms with Gasteiger partial charge in [-0.2, -0.15) is 0 Å². The lowest BCUT2D eigenvalue weighted by atomic mass is 10.0. The van der Waals surface area contributed by atoms with E-state index in [1.165, 1.54) is 49.4 Å². The van der Waals surface area contributed by atoms with Gasteiger partial charge in [0.05, 0.1) is 0 Å². The maximum Gasteiger partial charge on any atom is 0.0294 e. The zero-order valence-corrected chi connectivity index (χ0v) is 13.9. The predicted molar refractivity (Wildman–Crippen MR) is 89.5 cm³/mol. The SMILES string of the molecule is CCN1CCCC(NC(C)c2ccc(SC)cc2)CC1. The van der Waals surface area contributed by atoms with Gasteiger partial charge in [0.15, 0.2) is 0 Å². The molecule has 1 aromatic rings. The zero-order valence-electron chi connectivity index (χ0n) is 13.1. The number of rotatable bonds is 5. The van der Waals surface area contributed by atoms with Crippen LogP contribution in [0.4, 0.5) is 0 Å². The van der Waals surface area contributed by atoms with E-state index in [1.54, 1.807) is 11.8 Å². The summed E-state index contributed by atoms with van der Waals surface area (Å²) in [5.74, 6) is 0. The summed E-state index contributed by atoms with van der Waals surface area (Å²) < 4.78 is 0. The molecule has 1 saturated heterocycles. The number of nitrogens with one attached hydrogen (secondary N) is 1. The number of hydrogen-bond donors (Lipinski definition) is 1. The molecule has 112 valence electrons. The molecule has 0 bridgehead atoms. The van der Waals surface area contributed by atoms with Gasteiger partial charge in [0.25, 0.3) is 0 Å². The molecule has 2 atom stereocenters. The van der Waals surface area contributed by atoms with E-state index in [0.717, 1.165) is 0 Å². The Hall–Kier alpha value is -0.510. The lowest BCUT2D eigenvalue weighted by Gasteiger charge is -2.23. The molecular formula is C17H28N2S. The van der Waals surface area contributed by atoms with E-state index in [-0.39, 0.29) is 0 Å². The Labute approximate surface area is 128 Å². The molecule has 3 heteroatoms. The minimum atomic E-state index is 0.448. The van der Waals surface area contributed by atoms with Crippen molar-refractivity contribution in [3.63, 3.8) is 0 Å². The van der Waals surface area contributed by atoms with Crippen LogP contribution >= 0.6 is 11.8 Å². The molecule has 0 radical (unpaired) electrons. The van der Waals surface area contributed by atoms with Crippen LogP contribution in [0, 0.1) is 0 Å². The Bertz CT molecular complexity index is 390. The van der Waals surface area contributed by atoms with Crippen molar-refractivity contribution >= 4 is 11.8 Å². The number of benzene rings is 1. The molecule has 0 aromatic heterocycles. The van der Waals surface area contributed by atoms with Crippen molar-refractivity contribution in [1.82, 2.24) is 10.2 Å². The maximum atomic E-state index is 3.82. The highest BCUT2D eigenvalue weighted by Gasteiger charge is 2.18. The second-order valence-electron chi connectivity index (χ2n) is 5.72. The van der Waals surface area contributed by atoms with Gasteiger partial charge >= 0.3 is 0 Å². The minimum absolute atomic E-state index is 0.448. The fourth-order valence-corrected chi connectivity index (χ4v) is 3.39. The molecule has 20 heavy (non-hydrogen) atoms. The lowest BCUT2D eigenvalue weighted by Crippen LogP contribution is -2.32. The average molecular weight is 292 g/mol. The monoisotopic (exact) mass is 292 g/mol. The molecule has 2 nitrogen and oxygen atoms in total. The Balaban J connectivity index is 1.88. The summed E-state index contributed by atoms with van der Waals surface area (Å²) in [7, 11) is 0. The van der Waals surface area contributed by atoms with Crippen molar-refractivity contribution in [2.24, 2.45) is 0 Å². The van der Waals surface area contributed by atoms with E-state index in [9.17, 15) is 0 Å². The molecule has 1 aliphatic heterocycles. The first-order valence-corrected chi connectivity index (χ1v) is 9.07. The van der Waals surface area contributed by atoms with E-state index in [0.29, 0.717) is 12.1 Å². The van der Waals surface area contributed by atoms with Crippen molar-refractivity contribution in [3.05, 3.63) is 29.8 Å². The third-order valence-corrected chi connectivity index (χ3v) is 5.11. The summed E-state index contributed by atoms with van der Waals surface area (Å²) in [4.78, 5) is 3.91. The molecular weight excluding hydrogens is 264 g/mol. The van der Waals surface area contributed by atoms with Crippen molar-refractivity contribution < 1.29 is 0 Å². The molecule has 1 aliphatic rings. The van der Waals surface area contributed by atoms with Crippen LogP contribution in [0.3, 0.4) is 0 Å². The quantitative estimate of drug-likeness (QED) is 0.828. The standard InChI is InChI=1S/C17H28N2S/c1-4-19-12-5-6-16(11-13-19)18-14(2)15-7-9-17(20-3)10-8-15/h7-10,14,16,18H,4-6,11-13H2,1-3H3. The van der Waals surface area contributed by atoms with Crippen LogP contribution in [0.2, 0.25) is 0 Å². The highest BCUT2D eigenvalue weighted by atomic mass is 32.2. The van der Waals surface area contributed by atoms with Gasteiger partial charge in [0.1, 0.15) is 0 Å². The predicted octanol–water partition coefficient (Wildman–Crippen LogP) is 3.93. The fraction of sp³-hybridized carbons (Fsp3) is 0.647. The van der Waals surface area contributed by atoms with Gasteiger partial charge in [-0.25, -0.2) is 0 Å². The van der Waals surface area contributed by atoms with Gasteiger partial charge < -0.3 is 10.2 Å². The van der Waals surface area contributed by atoms with Crippen LogP contribution in [-0.2, 0) is 0 Å². The Kier molecular flexibility index (Phi) is 6.40. The smallest absolute Gasteiger partial charge is 0.0294 e. The third kappa shape index (κ3) is 4.51. The van der Waals surface area contributed by atoms with Gasteiger partial charge in [0, 0.05) is 17.0 Å². The molecule has 0 saturated carbocycles. The molecule has 0 aliphatic carbocycles. The summed E-state index contributed by atoms with van der Waals surface area (Å²) >= 11 is 1.80. The van der Waals surface area contributed by atoms with Crippen molar-refractivity contribution in [2.75, 3.05) is 25.9 Å². The van der Waals surface area contributed by atoms with E-state index < -0.39 is 0 Å². The van der Waals surface area contributed by atoms with Crippen LogP contribution in [0.15, 0.2) is 29.2 Å². The maximum absolute atomic E-state index is 3.82. The first-order chi connectivity index (χ1) is 9.72. The van der Waals surface area contributed by atoms with Crippen molar-refractivity contribution in [2.45, 2.75) is 50.1 Å². The van der Waals surface area contributed by atoms with E-state index >= 15 is 0 Å². The van der Waals surface area contributed by atoms with Crippen LogP contribution in [0.5, 0.6) is 0 Å². The van der Waals surface area contributed by atoms with Gasteiger partial charge in [-0.3, -0.25) is 0 Å². The molecule has 0 amide bonds. The summed E-state index contributed by atoms with van der Waals surface area (Å²) in [5.41, 5.74) is 1.40. The van der Waals surface area contributed by atoms with E-state index in [2.05, 4.69) is 54.6 Å². The second kappa shape index (κ2) is 8.06. The fourth-order valence-electron chi connectivity index (χ4n) is 2.98. The van der Waals surface area contributed by atoms with Gasteiger partial charge in [-0.15, -0.1) is 11.8 Å². The second-order valence-corrected chi connectivity index (χ2v) is 6.60. The van der Waals surface area contributed by atoms with E-state index in [4.69, 9.17) is 0 Å². The Morgan fingerprint density at radius 1 is 1.25 bits per heavy atom. The van der Waals surface area contributed by atoms with Crippen LogP contribution in [0.1, 0.15) is 44.7 Å². The Morgan fingerprint density at radius 2 is 2.00 bits per heavy atom. The highest BCUT2D eigenvalue weighted by molar-refractivity contribution is 7.98. The van der Waals surface area contributed by atoms with Gasteiger partial charge in [-0.1, -0.05) is 19.1 Å². The number of nitrogens with zero attached hydrogens (tertiary/aromatic N) is 1. The zero-order chi connectivity index (χ0) is 14.4. The Morgan fingerprint density at radius 3 is 2.65 bits per heavy atom. The lowest BCUT2D eigenvalue weighted by molar-refractivity contribution is 0.295. The molecule has 2 unspecified atom stereocenters. The number of hydrogen-bond acceptors (Lipinski definition) is 3. The van der Waals surface area contributed by atoms with Crippen LogP contribution < -0.4 is 5.32 Å². The largest absolute Gasteiger partial charge is 0.307 e. The van der Waals surface area contributed by atoms with Crippen LogP contribution in [-0.4, -0.2) is 36.8 Å². The first kappa shape index (κ1) is 15.9. The van der Waals surface area contributed by atoms with Crippen LogP contribution in [0.25, 0.3) is 0 Å². The molecule has 2 rings (SSSR count). The molecule has 1 aromatic carbocycles. The molecule has 1 N–H and O–H groups in total. The minimum Gasteiger partial charge on any atom is -0.307 e. The first-order valence-electron chi connectivity index (χ1n) is 7.85. The van der Waals surface area contributed by atoms with Crippen molar-refractivity contribution in [3.8, 4) is 0 Å². The topological polar surface area (TPSA) is 15.3 Å². The number of thioether (sulfide) groups is 1. The summed E-state index contributed by atoms with van der Waals surface area (Å²) in [6.07, 6.45) is 6.04. The van der Waals surface area contributed by atoms with Gasteiger partial charge in [-0.05, 0) is 69.8 Å². The normalized spacial score (nSPS) is 22.4.